The summed E-state index contributed by atoms with van der Waals surface area (Å²) >= 11 is 0. The van der Waals surface area contributed by atoms with Crippen LogP contribution in [0.5, 0.6) is 0 Å². The standard InChI is InChI=1S/C17H21N/c1-4-18(5-2)17-12-7-6-11-16(17)15-10-8-9-14(3)13-15/h6-13H,4-5H2,1-3H3. The van der Waals surface area contributed by atoms with Gasteiger partial charge in [0.1, 0.15) is 0 Å². The van der Waals surface area contributed by atoms with Gasteiger partial charge < -0.3 is 4.90 Å². The Morgan fingerprint density at radius 3 is 2.28 bits per heavy atom. The molecule has 0 saturated heterocycles. The van der Waals surface area contributed by atoms with Gasteiger partial charge in [-0.1, -0.05) is 48.0 Å². The molecule has 2 rings (SSSR count). The second kappa shape index (κ2) is 5.72. The zero-order chi connectivity index (χ0) is 13.0. The van der Waals surface area contributed by atoms with Gasteiger partial charge in [-0.15, -0.1) is 0 Å². The smallest absolute Gasteiger partial charge is 0.0445 e. The minimum Gasteiger partial charge on any atom is -0.372 e. The van der Waals surface area contributed by atoms with Gasteiger partial charge in [0, 0.05) is 24.3 Å². The molecule has 1 nitrogen and oxygen atoms in total. The fourth-order valence-corrected chi connectivity index (χ4v) is 2.37. The van der Waals surface area contributed by atoms with Crippen LogP contribution in [-0.2, 0) is 0 Å². The molecule has 2 aromatic rings. The number of nitrogens with zero attached hydrogens (tertiary/aromatic N) is 1. The lowest BCUT2D eigenvalue weighted by atomic mass is 10.0. The van der Waals surface area contributed by atoms with Crippen LogP contribution in [0.1, 0.15) is 19.4 Å². The topological polar surface area (TPSA) is 3.24 Å². The Kier molecular flexibility index (Phi) is 4.03. The van der Waals surface area contributed by atoms with Crippen LogP contribution in [0.15, 0.2) is 48.5 Å². The molecule has 0 bridgehead atoms. The van der Waals surface area contributed by atoms with Crippen LogP contribution in [0.3, 0.4) is 0 Å². The maximum Gasteiger partial charge on any atom is 0.0445 e. The Bertz CT molecular complexity index is 513. The second-order valence-electron chi connectivity index (χ2n) is 4.56. The first-order valence-electron chi connectivity index (χ1n) is 6.67. The molecule has 0 aromatic heterocycles. The quantitative estimate of drug-likeness (QED) is 0.759. The minimum absolute atomic E-state index is 1.04. The van der Waals surface area contributed by atoms with E-state index in [0.29, 0.717) is 0 Å². The first-order valence-corrected chi connectivity index (χ1v) is 6.67. The van der Waals surface area contributed by atoms with E-state index in [9.17, 15) is 0 Å². The lowest BCUT2D eigenvalue weighted by Crippen LogP contribution is -2.22. The van der Waals surface area contributed by atoms with Crippen LogP contribution in [-0.4, -0.2) is 13.1 Å². The summed E-state index contributed by atoms with van der Waals surface area (Å²) in [7, 11) is 0. The number of benzene rings is 2. The lowest BCUT2D eigenvalue weighted by Gasteiger charge is -2.24. The Morgan fingerprint density at radius 1 is 0.889 bits per heavy atom. The molecule has 0 aliphatic rings. The molecule has 0 unspecified atom stereocenters. The summed E-state index contributed by atoms with van der Waals surface area (Å²) in [5.74, 6) is 0. The van der Waals surface area contributed by atoms with Gasteiger partial charge in [-0.05, 0) is 32.4 Å². The van der Waals surface area contributed by atoms with E-state index < -0.39 is 0 Å². The summed E-state index contributed by atoms with van der Waals surface area (Å²) < 4.78 is 0. The fourth-order valence-electron chi connectivity index (χ4n) is 2.37. The van der Waals surface area contributed by atoms with E-state index in [1.165, 1.54) is 22.4 Å². The van der Waals surface area contributed by atoms with Crippen molar-refractivity contribution in [1.29, 1.82) is 0 Å². The highest BCUT2D eigenvalue weighted by Crippen LogP contribution is 2.30. The molecule has 0 aliphatic heterocycles. The maximum absolute atomic E-state index is 2.40. The molecule has 0 fully saturated rings. The SMILES string of the molecule is CCN(CC)c1ccccc1-c1cccc(C)c1. The number of anilines is 1. The monoisotopic (exact) mass is 239 g/mol. The highest BCUT2D eigenvalue weighted by atomic mass is 15.1. The number of hydrogen-bond donors (Lipinski definition) is 0. The van der Waals surface area contributed by atoms with E-state index in [4.69, 9.17) is 0 Å². The fraction of sp³-hybridized carbons (Fsp3) is 0.294. The Hall–Kier alpha value is -1.76. The zero-order valence-electron chi connectivity index (χ0n) is 11.5. The van der Waals surface area contributed by atoms with Crippen molar-refractivity contribution < 1.29 is 0 Å². The Morgan fingerprint density at radius 2 is 1.61 bits per heavy atom. The summed E-state index contributed by atoms with van der Waals surface area (Å²) in [5, 5.41) is 0. The number of hydrogen-bond acceptors (Lipinski definition) is 1. The van der Waals surface area contributed by atoms with Gasteiger partial charge in [0.25, 0.3) is 0 Å². The molecule has 0 spiro atoms. The molecule has 0 aliphatic carbocycles. The molecule has 1 heteroatoms. The van der Waals surface area contributed by atoms with Crippen LogP contribution in [0, 0.1) is 6.92 Å². The van der Waals surface area contributed by atoms with Crippen LogP contribution in [0.25, 0.3) is 11.1 Å². The molecular formula is C17H21N. The van der Waals surface area contributed by atoms with E-state index in [1.54, 1.807) is 0 Å². The number of rotatable bonds is 4. The van der Waals surface area contributed by atoms with Gasteiger partial charge >= 0.3 is 0 Å². The van der Waals surface area contributed by atoms with Gasteiger partial charge in [-0.25, -0.2) is 0 Å². The summed E-state index contributed by atoms with van der Waals surface area (Å²) in [5.41, 5.74) is 5.26. The van der Waals surface area contributed by atoms with Crippen LogP contribution < -0.4 is 4.90 Å². The van der Waals surface area contributed by atoms with E-state index >= 15 is 0 Å². The van der Waals surface area contributed by atoms with E-state index in [2.05, 4.69) is 74.2 Å². The third-order valence-corrected chi connectivity index (χ3v) is 3.34. The average molecular weight is 239 g/mol. The lowest BCUT2D eigenvalue weighted by molar-refractivity contribution is 0.867. The van der Waals surface area contributed by atoms with Crippen molar-refractivity contribution in [2.45, 2.75) is 20.8 Å². The Labute approximate surface area is 110 Å². The van der Waals surface area contributed by atoms with Gasteiger partial charge in [0.2, 0.25) is 0 Å². The summed E-state index contributed by atoms with van der Waals surface area (Å²) in [6.07, 6.45) is 0. The van der Waals surface area contributed by atoms with Crippen molar-refractivity contribution in [2.24, 2.45) is 0 Å². The zero-order valence-corrected chi connectivity index (χ0v) is 11.5. The molecule has 0 radical (unpaired) electrons. The predicted molar refractivity (Wildman–Crippen MR) is 80.2 cm³/mol. The highest BCUT2D eigenvalue weighted by Gasteiger charge is 2.09. The van der Waals surface area contributed by atoms with Crippen molar-refractivity contribution in [1.82, 2.24) is 0 Å². The largest absolute Gasteiger partial charge is 0.372 e. The second-order valence-corrected chi connectivity index (χ2v) is 4.56. The number of para-hydroxylation sites is 1. The van der Waals surface area contributed by atoms with Crippen molar-refractivity contribution in [3.8, 4) is 11.1 Å². The minimum atomic E-state index is 1.04. The summed E-state index contributed by atoms with van der Waals surface area (Å²) in [4.78, 5) is 2.40. The number of aryl methyl sites for hydroxylation is 1. The van der Waals surface area contributed by atoms with Gasteiger partial charge in [0.15, 0.2) is 0 Å². The third-order valence-electron chi connectivity index (χ3n) is 3.34. The normalized spacial score (nSPS) is 10.4. The molecule has 2 aromatic carbocycles. The van der Waals surface area contributed by atoms with E-state index in [1.807, 2.05) is 0 Å². The van der Waals surface area contributed by atoms with Crippen molar-refractivity contribution in [2.75, 3.05) is 18.0 Å². The first kappa shape index (κ1) is 12.7. The molecule has 0 atom stereocenters. The summed E-state index contributed by atoms with van der Waals surface area (Å²) in [6.45, 7) is 8.63. The third kappa shape index (κ3) is 2.56. The molecular weight excluding hydrogens is 218 g/mol. The molecule has 0 N–H and O–H groups in total. The molecule has 0 saturated carbocycles. The van der Waals surface area contributed by atoms with Gasteiger partial charge in [0.05, 0.1) is 0 Å². The first-order chi connectivity index (χ1) is 8.76. The van der Waals surface area contributed by atoms with Crippen LogP contribution in [0.2, 0.25) is 0 Å². The van der Waals surface area contributed by atoms with Crippen molar-refractivity contribution >= 4 is 5.69 Å². The molecule has 0 amide bonds. The van der Waals surface area contributed by atoms with Crippen LogP contribution in [0.4, 0.5) is 5.69 Å². The van der Waals surface area contributed by atoms with Gasteiger partial charge in [-0.3, -0.25) is 0 Å². The van der Waals surface area contributed by atoms with Gasteiger partial charge in [-0.2, -0.15) is 0 Å². The predicted octanol–water partition coefficient (Wildman–Crippen LogP) is 4.51. The molecule has 0 heterocycles. The average Bonchev–Trinajstić information content (AvgIpc) is 2.41. The van der Waals surface area contributed by atoms with Crippen LogP contribution >= 0.6 is 0 Å². The van der Waals surface area contributed by atoms with Crippen molar-refractivity contribution in [3.05, 3.63) is 54.1 Å². The van der Waals surface area contributed by atoms with Crippen molar-refractivity contribution in [3.63, 3.8) is 0 Å². The van der Waals surface area contributed by atoms with E-state index in [-0.39, 0.29) is 0 Å². The molecule has 18 heavy (non-hydrogen) atoms. The molecule has 94 valence electrons. The Balaban J connectivity index is 2.51. The maximum atomic E-state index is 2.40. The van der Waals surface area contributed by atoms with E-state index in [0.717, 1.165) is 13.1 Å². The summed E-state index contributed by atoms with van der Waals surface area (Å²) in [6, 6.07) is 17.4. The highest BCUT2D eigenvalue weighted by molar-refractivity contribution is 5.78.